The van der Waals surface area contributed by atoms with Crippen molar-refractivity contribution in [3.05, 3.63) is 59.1 Å². The van der Waals surface area contributed by atoms with E-state index >= 15 is 0 Å². The van der Waals surface area contributed by atoms with Gasteiger partial charge in [-0.05, 0) is 68.9 Å². The van der Waals surface area contributed by atoms with Crippen molar-refractivity contribution in [2.75, 3.05) is 6.54 Å². The third-order valence-electron chi connectivity index (χ3n) is 4.99. The minimum Gasteiger partial charge on any atom is -0.403 e. The van der Waals surface area contributed by atoms with Gasteiger partial charge in [0, 0.05) is 18.9 Å². The van der Waals surface area contributed by atoms with E-state index in [4.69, 9.17) is 5.73 Å². The van der Waals surface area contributed by atoms with E-state index in [2.05, 4.69) is 24.0 Å². The third kappa shape index (κ3) is 7.98. The highest BCUT2D eigenvalue weighted by Gasteiger charge is 2.22. The summed E-state index contributed by atoms with van der Waals surface area (Å²) in [5.41, 5.74) is 8.58. The van der Waals surface area contributed by atoms with Crippen molar-refractivity contribution in [2.45, 2.75) is 71.4 Å². The Morgan fingerprint density at radius 1 is 1.22 bits per heavy atom. The van der Waals surface area contributed by atoms with Crippen LogP contribution in [0.4, 0.5) is 4.39 Å². The highest BCUT2D eigenvalue weighted by Crippen LogP contribution is 2.29. The largest absolute Gasteiger partial charge is 0.403 e. The molecule has 150 valence electrons. The van der Waals surface area contributed by atoms with E-state index in [-0.39, 0.29) is 0 Å². The van der Waals surface area contributed by atoms with Gasteiger partial charge < -0.3 is 11.1 Å². The van der Waals surface area contributed by atoms with Crippen molar-refractivity contribution in [3.8, 4) is 0 Å². The number of allylic oxidation sites excluding steroid dienone is 1. The Hall–Kier alpha value is -2.10. The van der Waals surface area contributed by atoms with E-state index in [9.17, 15) is 4.39 Å². The van der Waals surface area contributed by atoms with Gasteiger partial charge in [-0.15, -0.1) is 0 Å². The minimum atomic E-state index is -1.24. The summed E-state index contributed by atoms with van der Waals surface area (Å²) in [7, 11) is 0. The Morgan fingerprint density at radius 2 is 1.93 bits per heavy atom. The molecule has 0 amide bonds. The monoisotopic (exact) mass is 373 g/mol. The van der Waals surface area contributed by atoms with Crippen molar-refractivity contribution in [3.63, 3.8) is 0 Å². The van der Waals surface area contributed by atoms with Gasteiger partial charge in [0.2, 0.25) is 0 Å². The molecule has 0 aliphatic rings. The second kappa shape index (κ2) is 12.3. The first-order valence-electron chi connectivity index (χ1n) is 10.1. The van der Waals surface area contributed by atoms with Gasteiger partial charge in [0.05, 0.1) is 5.70 Å². The van der Waals surface area contributed by atoms with Crippen LogP contribution in [0.1, 0.15) is 70.4 Å². The van der Waals surface area contributed by atoms with Gasteiger partial charge in [-0.25, -0.2) is 4.39 Å². The lowest BCUT2D eigenvalue weighted by Gasteiger charge is -2.19. The molecule has 1 rings (SSSR count). The van der Waals surface area contributed by atoms with Gasteiger partial charge in [0.25, 0.3) is 0 Å². The van der Waals surface area contributed by atoms with E-state index in [0.29, 0.717) is 6.42 Å². The second-order valence-electron chi connectivity index (χ2n) is 7.15. The van der Waals surface area contributed by atoms with Crippen LogP contribution in [0.3, 0.4) is 0 Å². The Balaban J connectivity index is 2.52. The van der Waals surface area contributed by atoms with Crippen LogP contribution in [-0.2, 0) is 12.1 Å². The van der Waals surface area contributed by atoms with Crippen molar-refractivity contribution in [2.24, 2.45) is 10.7 Å². The number of aliphatic imine (C=N–C) groups is 1. The first kappa shape index (κ1) is 22.9. The molecule has 27 heavy (non-hydrogen) atoms. The Kier molecular flexibility index (Phi) is 10.5. The smallest absolute Gasteiger partial charge is 0.133 e. The number of hydrogen-bond acceptors (Lipinski definition) is 3. The molecule has 0 aliphatic heterocycles. The molecule has 0 saturated carbocycles. The average molecular weight is 374 g/mol. The van der Waals surface area contributed by atoms with Gasteiger partial charge in [-0.2, -0.15) is 0 Å². The first-order valence-corrected chi connectivity index (χ1v) is 10.1. The Bertz CT molecular complexity index is 615. The number of alkyl halides is 1. The number of benzene rings is 1. The molecule has 0 saturated heterocycles. The third-order valence-corrected chi connectivity index (χ3v) is 4.99. The molecule has 3 N–H and O–H groups in total. The van der Waals surface area contributed by atoms with Crippen molar-refractivity contribution in [1.29, 1.82) is 0 Å². The molecule has 1 aromatic carbocycles. The van der Waals surface area contributed by atoms with E-state index in [1.807, 2.05) is 31.2 Å². The number of nitrogens with two attached hydrogens (primary N) is 1. The summed E-state index contributed by atoms with van der Waals surface area (Å²) in [4.78, 5) is 3.93. The number of rotatable bonds is 13. The summed E-state index contributed by atoms with van der Waals surface area (Å²) in [6.45, 7) is 10.2. The van der Waals surface area contributed by atoms with E-state index in [1.165, 1.54) is 5.56 Å². The molecule has 0 aromatic heterocycles. The fraction of sp³-hybridized carbons (Fsp3) is 0.522. The Morgan fingerprint density at radius 3 is 2.48 bits per heavy atom. The lowest BCUT2D eigenvalue weighted by molar-refractivity contribution is 0.185. The van der Waals surface area contributed by atoms with Crippen molar-refractivity contribution in [1.82, 2.24) is 5.32 Å². The maximum absolute atomic E-state index is 14.3. The normalized spacial score (nSPS) is 14.7. The number of nitrogens with zero attached hydrogens (tertiary/aromatic N) is 1. The van der Waals surface area contributed by atoms with Crippen LogP contribution in [0.5, 0.6) is 0 Å². The number of unbranched alkanes of at least 4 members (excludes halogenated alkanes) is 2. The fourth-order valence-corrected chi connectivity index (χ4v) is 2.93. The summed E-state index contributed by atoms with van der Waals surface area (Å²) in [5, 5.41) is 3.38. The summed E-state index contributed by atoms with van der Waals surface area (Å²) >= 11 is 0. The topological polar surface area (TPSA) is 50.4 Å². The fourth-order valence-electron chi connectivity index (χ4n) is 2.93. The van der Waals surface area contributed by atoms with Crippen LogP contribution < -0.4 is 11.1 Å². The molecule has 0 radical (unpaired) electrons. The molecule has 0 spiro atoms. The molecule has 1 atom stereocenters. The SMILES string of the molecule is C=N/C=C(CCCCc1ccc(C(C)(F)CC)cc1)\C(=C/N)NCCCC. The predicted molar refractivity (Wildman–Crippen MR) is 116 cm³/mol. The van der Waals surface area contributed by atoms with E-state index in [0.717, 1.165) is 61.9 Å². The zero-order valence-electron chi connectivity index (χ0n) is 17.2. The quantitative estimate of drug-likeness (QED) is 0.262. The number of halogens is 1. The molecule has 0 aliphatic carbocycles. The molecule has 3 nitrogen and oxygen atoms in total. The van der Waals surface area contributed by atoms with Crippen LogP contribution in [0.2, 0.25) is 0 Å². The number of aryl methyl sites for hydroxylation is 1. The van der Waals surface area contributed by atoms with Crippen molar-refractivity contribution >= 4 is 6.72 Å². The zero-order valence-corrected chi connectivity index (χ0v) is 17.2. The zero-order chi connectivity index (χ0) is 20.1. The van der Waals surface area contributed by atoms with Gasteiger partial charge in [0.15, 0.2) is 0 Å². The maximum atomic E-state index is 14.3. The minimum absolute atomic E-state index is 0.488. The maximum Gasteiger partial charge on any atom is 0.133 e. The summed E-state index contributed by atoms with van der Waals surface area (Å²) < 4.78 is 14.3. The standard InChI is InChI=1S/C23H36FN3/c1-5-7-16-27-22(17-25)20(18-26-4)11-9-8-10-19-12-14-21(15-13-19)23(3,24)6-2/h12-15,17-18,27H,4-11,16,25H2,1-3H3/b20-18-,22-17+. The molecule has 1 unspecified atom stereocenters. The summed E-state index contributed by atoms with van der Waals surface area (Å²) in [5.74, 6) is 0. The lowest BCUT2D eigenvalue weighted by Crippen LogP contribution is -2.18. The predicted octanol–water partition coefficient (Wildman–Crippen LogP) is 5.77. The van der Waals surface area contributed by atoms with Gasteiger partial charge in [0.1, 0.15) is 5.67 Å². The molecule has 4 heteroatoms. The molecular formula is C23H36FN3. The molecule has 0 fully saturated rings. The second-order valence-corrected chi connectivity index (χ2v) is 7.15. The van der Waals surface area contributed by atoms with E-state index < -0.39 is 5.67 Å². The average Bonchev–Trinajstić information content (AvgIpc) is 2.68. The van der Waals surface area contributed by atoms with Gasteiger partial charge >= 0.3 is 0 Å². The highest BCUT2D eigenvalue weighted by atomic mass is 19.1. The number of nitrogens with one attached hydrogen (secondary N) is 1. The summed E-state index contributed by atoms with van der Waals surface area (Å²) in [6.07, 6.45) is 10.1. The van der Waals surface area contributed by atoms with Crippen LogP contribution >= 0.6 is 0 Å². The van der Waals surface area contributed by atoms with Gasteiger partial charge in [-0.3, -0.25) is 4.99 Å². The van der Waals surface area contributed by atoms with Crippen molar-refractivity contribution < 1.29 is 4.39 Å². The van der Waals surface area contributed by atoms with E-state index in [1.54, 1.807) is 19.3 Å². The van der Waals surface area contributed by atoms with Crippen LogP contribution in [0, 0.1) is 0 Å². The van der Waals surface area contributed by atoms with Gasteiger partial charge in [-0.1, -0.05) is 44.5 Å². The van der Waals surface area contributed by atoms with Crippen LogP contribution in [0.25, 0.3) is 0 Å². The molecule has 1 aromatic rings. The number of hydrogen-bond donors (Lipinski definition) is 2. The highest BCUT2D eigenvalue weighted by molar-refractivity contribution is 5.33. The Labute approximate surface area is 164 Å². The molecular weight excluding hydrogens is 337 g/mol. The summed E-state index contributed by atoms with van der Waals surface area (Å²) in [6, 6.07) is 7.92. The molecule has 0 bridgehead atoms. The van der Waals surface area contributed by atoms with Crippen LogP contribution in [0.15, 0.2) is 52.9 Å². The molecule has 0 heterocycles. The first-order chi connectivity index (χ1) is 13.0. The lowest BCUT2D eigenvalue weighted by atomic mass is 9.93. The van der Waals surface area contributed by atoms with Crippen LogP contribution in [-0.4, -0.2) is 13.3 Å².